The maximum absolute atomic E-state index is 4.55. The first-order valence-electron chi connectivity index (χ1n) is 7.15. The summed E-state index contributed by atoms with van der Waals surface area (Å²) in [4.78, 5) is 0. The van der Waals surface area contributed by atoms with Crippen molar-refractivity contribution in [1.29, 1.82) is 0 Å². The van der Waals surface area contributed by atoms with Crippen LogP contribution in [0.4, 0.5) is 0 Å². The van der Waals surface area contributed by atoms with Crippen molar-refractivity contribution < 1.29 is 0 Å². The van der Waals surface area contributed by atoms with E-state index < -0.39 is 0 Å². The van der Waals surface area contributed by atoms with E-state index in [1.165, 1.54) is 11.4 Å². The molecule has 0 saturated heterocycles. The van der Waals surface area contributed by atoms with Crippen LogP contribution in [0, 0.1) is 11.3 Å². The van der Waals surface area contributed by atoms with Crippen molar-refractivity contribution in [3.63, 3.8) is 0 Å². The van der Waals surface area contributed by atoms with Crippen molar-refractivity contribution in [2.45, 2.75) is 47.5 Å². The Morgan fingerprint density at radius 3 is 2.50 bits per heavy atom. The number of hydrogen-bond donors (Lipinski definition) is 1. The van der Waals surface area contributed by atoms with Crippen molar-refractivity contribution in [1.82, 2.24) is 15.1 Å². The number of hydrogen-bond acceptors (Lipinski definition) is 2. The lowest BCUT2D eigenvalue weighted by Gasteiger charge is -2.34. The Hall–Kier alpha value is -0.830. The second-order valence-electron chi connectivity index (χ2n) is 5.87. The number of rotatable bonds is 7. The van der Waals surface area contributed by atoms with Gasteiger partial charge >= 0.3 is 0 Å². The summed E-state index contributed by atoms with van der Waals surface area (Å²) in [5, 5.41) is 8.05. The lowest BCUT2D eigenvalue weighted by molar-refractivity contribution is 0.204. The van der Waals surface area contributed by atoms with Crippen molar-refractivity contribution >= 4 is 0 Å². The Labute approximate surface area is 112 Å². The molecule has 0 bridgehead atoms. The van der Waals surface area contributed by atoms with Gasteiger partial charge in [0.1, 0.15) is 0 Å². The smallest absolute Gasteiger partial charge is 0.0624 e. The van der Waals surface area contributed by atoms with Crippen molar-refractivity contribution in [3.05, 3.63) is 17.5 Å². The molecule has 0 fully saturated rings. The topological polar surface area (TPSA) is 29.9 Å². The Morgan fingerprint density at radius 1 is 1.39 bits per heavy atom. The molecule has 1 N–H and O–H groups in total. The van der Waals surface area contributed by atoms with Crippen LogP contribution in [0.1, 0.15) is 46.0 Å². The molecule has 104 valence electrons. The van der Waals surface area contributed by atoms with E-state index in [4.69, 9.17) is 0 Å². The highest BCUT2D eigenvalue weighted by Gasteiger charge is 2.29. The molecule has 0 aliphatic rings. The van der Waals surface area contributed by atoms with Crippen LogP contribution in [-0.4, -0.2) is 22.9 Å². The predicted octanol–water partition coefficient (Wildman–Crippen LogP) is 2.80. The third kappa shape index (κ3) is 3.58. The Kier molecular flexibility index (Phi) is 5.39. The Bertz CT molecular complexity index is 368. The zero-order valence-corrected chi connectivity index (χ0v) is 12.9. The van der Waals surface area contributed by atoms with Crippen molar-refractivity contribution in [2.75, 3.05) is 13.1 Å². The molecule has 3 nitrogen and oxygen atoms in total. The van der Waals surface area contributed by atoms with Crippen molar-refractivity contribution in [2.24, 2.45) is 18.4 Å². The first-order chi connectivity index (χ1) is 8.42. The van der Waals surface area contributed by atoms with Gasteiger partial charge in [0.05, 0.1) is 5.69 Å². The first-order valence-corrected chi connectivity index (χ1v) is 7.15. The van der Waals surface area contributed by atoms with E-state index >= 15 is 0 Å². The van der Waals surface area contributed by atoms with E-state index in [0.29, 0.717) is 5.92 Å². The largest absolute Gasteiger partial charge is 0.316 e. The standard InChI is InChI=1S/C15H29N3/c1-7-13-9-14(18(6)17-13)10-15(5,12(3)4)11-16-8-2/h9,12,16H,7-8,10-11H2,1-6H3. The van der Waals surface area contributed by atoms with E-state index in [0.717, 1.165) is 25.9 Å². The summed E-state index contributed by atoms with van der Waals surface area (Å²) in [6.07, 6.45) is 2.10. The molecule has 0 aliphatic heterocycles. The van der Waals surface area contributed by atoms with Gasteiger partial charge < -0.3 is 5.32 Å². The normalized spacial score (nSPS) is 15.1. The molecule has 0 spiro atoms. The first kappa shape index (κ1) is 15.2. The zero-order valence-electron chi connectivity index (χ0n) is 12.9. The van der Waals surface area contributed by atoms with E-state index in [1.54, 1.807) is 0 Å². The fraction of sp³-hybridized carbons (Fsp3) is 0.800. The zero-order chi connectivity index (χ0) is 13.8. The van der Waals surface area contributed by atoms with Crippen LogP contribution < -0.4 is 5.32 Å². The average molecular weight is 251 g/mol. The molecule has 1 rings (SSSR count). The molecule has 1 heterocycles. The molecule has 0 amide bonds. The maximum Gasteiger partial charge on any atom is 0.0624 e. The summed E-state index contributed by atoms with van der Waals surface area (Å²) in [5.41, 5.74) is 2.83. The van der Waals surface area contributed by atoms with Crippen LogP contribution in [-0.2, 0) is 19.9 Å². The van der Waals surface area contributed by atoms with Crippen LogP contribution >= 0.6 is 0 Å². The number of nitrogens with zero attached hydrogens (tertiary/aromatic N) is 2. The summed E-state index contributed by atoms with van der Waals surface area (Å²) in [5.74, 6) is 0.650. The quantitative estimate of drug-likeness (QED) is 0.807. The molecule has 1 unspecified atom stereocenters. The third-order valence-corrected chi connectivity index (χ3v) is 4.15. The minimum atomic E-state index is 0.287. The van der Waals surface area contributed by atoms with E-state index in [9.17, 15) is 0 Å². The minimum absolute atomic E-state index is 0.287. The van der Waals surface area contributed by atoms with Gasteiger partial charge in [-0.05, 0) is 36.8 Å². The van der Waals surface area contributed by atoms with Gasteiger partial charge in [0, 0.05) is 19.3 Å². The molecular weight excluding hydrogens is 222 g/mol. The fourth-order valence-corrected chi connectivity index (χ4v) is 2.20. The Morgan fingerprint density at radius 2 is 2.06 bits per heavy atom. The van der Waals surface area contributed by atoms with E-state index in [2.05, 4.69) is 58.1 Å². The molecule has 0 radical (unpaired) electrons. The van der Waals surface area contributed by atoms with Crippen molar-refractivity contribution in [3.8, 4) is 0 Å². The SMILES string of the molecule is CCNCC(C)(Cc1cc(CC)nn1C)C(C)C. The number of aromatic nitrogens is 2. The highest BCUT2D eigenvalue weighted by atomic mass is 15.3. The second-order valence-corrected chi connectivity index (χ2v) is 5.87. The second kappa shape index (κ2) is 6.37. The predicted molar refractivity (Wildman–Crippen MR) is 77.8 cm³/mol. The van der Waals surface area contributed by atoms with Crippen LogP contribution in [0.25, 0.3) is 0 Å². The summed E-state index contributed by atoms with van der Waals surface area (Å²) in [6, 6.07) is 2.26. The molecule has 0 saturated carbocycles. The van der Waals surface area contributed by atoms with Gasteiger partial charge in [0.2, 0.25) is 0 Å². The lowest BCUT2D eigenvalue weighted by atomic mass is 9.75. The molecule has 1 atom stereocenters. The summed E-state index contributed by atoms with van der Waals surface area (Å²) < 4.78 is 2.05. The summed E-state index contributed by atoms with van der Waals surface area (Å²) in [7, 11) is 2.06. The summed E-state index contributed by atoms with van der Waals surface area (Å²) in [6.45, 7) is 13.4. The molecule has 3 heteroatoms. The molecule has 0 aliphatic carbocycles. The maximum atomic E-state index is 4.55. The molecule has 0 aromatic carbocycles. The molecule has 1 aromatic rings. The van der Waals surface area contributed by atoms with Gasteiger partial charge in [-0.25, -0.2) is 0 Å². The van der Waals surface area contributed by atoms with Crippen LogP contribution in [0.3, 0.4) is 0 Å². The monoisotopic (exact) mass is 251 g/mol. The summed E-state index contributed by atoms with van der Waals surface area (Å²) >= 11 is 0. The van der Waals surface area contributed by atoms with E-state index in [1.807, 2.05) is 4.68 Å². The average Bonchev–Trinajstić information content (AvgIpc) is 2.67. The third-order valence-electron chi connectivity index (χ3n) is 4.15. The van der Waals surface area contributed by atoms with Gasteiger partial charge in [-0.2, -0.15) is 5.10 Å². The van der Waals surface area contributed by atoms with Gasteiger partial charge in [-0.1, -0.05) is 34.6 Å². The fourth-order valence-electron chi connectivity index (χ4n) is 2.20. The van der Waals surface area contributed by atoms with Crippen LogP contribution in [0.15, 0.2) is 6.07 Å². The highest BCUT2D eigenvalue weighted by molar-refractivity contribution is 5.12. The number of aryl methyl sites for hydroxylation is 2. The van der Waals surface area contributed by atoms with Crippen LogP contribution in [0.2, 0.25) is 0 Å². The van der Waals surface area contributed by atoms with Gasteiger partial charge in [0.15, 0.2) is 0 Å². The van der Waals surface area contributed by atoms with Crippen LogP contribution in [0.5, 0.6) is 0 Å². The van der Waals surface area contributed by atoms with Gasteiger partial charge in [0.25, 0.3) is 0 Å². The van der Waals surface area contributed by atoms with Gasteiger partial charge in [-0.3, -0.25) is 4.68 Å². The minimum Gasteiger partial charge on any atom is -0.316 e. The molecule has 1 aromatic heterocycles. The number of nitrogens with one attached hydrogen (secondary N) is 1. The Balaban J connectivity index is 2.85. The van der Waals surface area contributed by atoms with Gasteiger partial charge in [-0.15, -0.1) is 0 Å². The lowest BCUT2D eigenvalue weighted by Crippen LogP contribution is -2.38. The highest BCUT2D eigenvalue weighted by Crippen LogP contribution is 2.30. The molecule has 18 heavy (non-hydrogen) atoms. The van der Waals surface area contributed by atoms with E-state index in [-0.39, 0.29) is 5.41 Å². The molecular formula is C15H29N3.